The molecule has 6 rings (SSSR count). The first-order valence-electron chi connectivity index (χ1n) is 11.7. The third-order valence-corrected chi connectivity index (χ3v) is 9.25. The van der Waals surface area contributed by atoms with Crippen LogP contribution in [0.15, 0.2) is 65.4 Å². The first-order valence-corrected chi connectivity index (χ1v) is 12.6. The normalized spacial score (nSPS) is 29.0. The summed E-state index contributed by atoms with van der Waals surface area (Å²) in [5.41, 5.74) is 9.32. The van der Waals surface area contributed by atoms with Crippen molar-refractivity contribution in [3.8, 4) is 16.9 Å². The average Bonchev–Trinajstić information content (AvgIpc) is 3.45. The largest absolute Gasteiger partial charge is 0.497 e. The highest BCUT2D eigenvalue weighted by atomic mass is 32.1. The van der Waals surface area contributed by atoms with Crippen molar-refractivity contribution in [3.05, 3.63) is 82.1 Å². The van der Waals surface area contributed by atoms with E-state index in [-0.39, 0.29) is 0 Å². The van der Waals surface area contributed by atoms with Gasteiger partial charge in [0.2, 0.25) is 0 Å². The number of hydrogen-bond donors (Lipinski definition) is 0. The Hall–Kier alpha value is -2.32. The zero-order valence-electron chi connectivity index (χ0n) is 18.4. The number of thiophene rings is 1. The molecule has 158 valence electrons. The molecular formula is C29H30OS. The molecule has 0 unspecified atom stereocenters. The molecule has 31 heavy (non-hydrogen) atoms. The monoisotopic (exact) mass is 426 g/mol. The lowest BCUT2D eigenvalue weighted by Crippen LogP contribution is -2.40. The van der Waals surface area contributed by atoms with Crippen molar-refractivity contribution in [3.63, 3.8) is 0 Å². The average molecular weight is 427 g/mol. The van der Waals surface area contributed by atoms with E-state index in [1.165, 1.54) is 48.8 Å². The Kier molecular flexibility index (Phi) is 4.61. The van der Waals surface area contributed by atoms with Gasteiger partial charge in [0.05, 0.1) is 7.11 Å². The van der Waals surface area contributed by atoms with Crippen LogP contribution in [0.5, 0.6) is 5.75 Å². The van der Waals surface area contributed by atoms with Gasteiger partial charge >= 0.3 is 0 Å². The highest BCUT2D eigenvalue weighted by Crippen LogP contribution is 2.63. The third kappa shape index (κ3) is 3.03. The van der Waals surface area contributed by atoms with Crippen LogP contribution in [0.25, 0.3) is 16.7 Å². The van der Waals surface area contributed by atoms with E-state index < -0.39 is 0 Å². The van der Waals surface area contributed by atoms with Gasteiger partial charge in [0.25, 0.3) is 0 Å². The lowest BCUT2D eigenvalue weighted by atomic mass is 9.54. The van der Waals surface area contributed by atoms with E-state index in [4.69, 9.17) is 4.74 Å². The second kappa shape index (κ2) is 7.38. The maximum atomic E-state index is 5.32. The zero-order chi connectivity index (χ0) is 21.0. The predicted octanol–water partition coefficient (Wildman–Crippen LogP) is 7.97. The van der Waals surface area contributed by atoms with E-state index in [0.717, 1.165) is 23.5 Å². The van der Waals surface area contributed by atoms with E-state index in [9.17, 15) is 0 Å². The van der Waals surface area contributed by atoms with Crippen LogP contribution in [0.1, 0.15) is 55.2 Å². The topological polar surface area (TPSA) is 9.23 Å². The van der Waals surface area contributed by atoms with Gasteiger partial charge in [0, 0.05) is 0 Å². The summed E-state index contributed by atoms with van der Waals surface area (Å²) in [6.45, 7) is 2.56. The molecule has 1 nitrogen and oxygen atoms in total. The van der Waals surface area contributed by atoms with Crippen LogP contribution in [0.2, 0.25) is 0 Å². The molecule has 1 heterocycles. The molecule has 3 aromatic rings. The lowest BCUT2D eigenvalue weighted by molar-refractivity contribution is 0.0886. The minimum atomic E-state index is 0.364. The fourth-order valence-electron chi connectivity index (χ4n) is 6.98. The van der Waals surface area contributed by atoms with E-state index in [0.29, 0.717) is 5.41 Å². The van der Waals surface area contributed by atoms with Gasteiger partial charge in [-0.25, -0.2) is 0 Å². The summed E-state index contributed by atoms with van der Waals surface area (Å²) < 4.78 is 5.32. The highest BCUT2D eigenvalue weighted by molar-refractivity contribution is 7.08. The number of aryl methyl sites for hydroxylation is 1. The van der Waals surface area contributed by atoms with Crippen LogP contribution >= 0.6 is 11.3 Å². The van der Waals surface area contributed by atoms with Crippen molar-refractivity contribution in [2.24, 2.45) is 17.3 Å². The first-order chi connectivity index (χ1) is 15.2. The lowest BCUT2D eigenvalue weighted by Gasteiger charge is -2.50. The van der Waals surface area contributed by atoms with Gasteiger partial charge in [-0.1, -0.05) is 43.3 Å². The number of fused-ring (bicyclic) bond motifs is 5. The van der Waals surface area contributed by atoms with E-state index >= 15 is 0 Å². The molecule has 2 heteroatoms. The molecule has 0 bridgehead atoms. The standard InChI is InChI=1S/C29H30OS/c1-29-15-13-25-24-9-5-20(19-3-7-23(30-2)8-4-19)17-21(24)6-10-26(25)28(29)12-11-27(29)22-14-16-31-18-22/h3-5,7-9,11,14,16-18,25-26,28H,6,10,12-13,15H2,1-2H3/t25-,26-,28+,29-/m1/s1. The Morgan fingerprint density at radius 3 is 2.58 bits per heavy atom. The van der Waals surface area contributed by atoms with E-state index in [1.807, 2.05) is 11.3 Å². The fourth-order valence-corrected chi connectivity index (χ4v) is 7.63. The third-order valence-electron chi connectivity index (χ3n) is 8.56. The molecule has 4 atom stereocenters. The van der Waals surface area contributed by atoms with Gasteiger partial charge in [0.15, 0.2) is 0 Å². The molecule has 1 aromatic heterocycles. The van der Waals surface area contributed by atoms with Crippen molar-refractivity contribution < 1.29 is 4.74 Å². The van der Waals surface area contributed by atoms with Crippen LogP contribution in [0.4, 0.5) is 0 Å². The van der Waals surface area contributed by atoms with Gasteiger partial charge in [-0.05, 0) is 118 Å². The molecule has 1 fully saturated rings. The summed E-state index contributed by atoms with van der Waals surface area (Å²) in [4.78, 5) is 0. The Morgan fingerprint density at radius 2 is 1.81 bits per heavy atom. The molecule has 3 aliphatic carbocycles. The molecule has 3 aliphatic rings. The number of methoxy groups -OCH3 is 1. The molecular weight excluding hydrogens is 396 g/mol. The van der Waals surface area contributed by atoms with Crippen molar-refractivity contribution >= 4 is 16.9 Å². The van der Waals surface area contributed by atoms with Crippen molar-refractivity contribution in [1.82, 2.24) is 0 Å². The number of rotatable bonds is 3. The molecule has 2 aromatic carbocycles. The minimum Gasteiger partial charge on any atom is -0.497 e. The minimum absolute atomic E-state index is 0.364. The number of benzene rings is 2. The van der Waals surface area contributed by atoms with Crippen molar-refractivity contribution in [2.45, 2.75) is 44.9 Å². The smallest absolute Gasteiger partial charge is 0.118 e. The summed E-state index contributed by atoms with van der Waals surface area (Å²) in [5.74, 6) is 3.28. The van der Waals surface area contributed by atoms with Crippen LogP contribution < -0.4 is 4.74 Å². The molecule has 0 spiro atoms. The number of allylic oxidation sites excluding steroid dienone is 2. The van der Waals surface area contributed by atoms with Gasteiger partial charge < -0.3 is 4.74 Å². The molecule has 0 aliphatic heterocycles. The second-order valence-electron chi connectivity index (χ2n) is 9.88. The van der Waals surface area contributed by atoms with Crippen LogP contribution in [0, 0.1) is 17.3 Å². The predicted molar refractivity (Wildman–Crippen MR) is 131 cm³/mol. The summed E-state index contributed by atoms with van der Waals surface area (Å²) in [6.07, 6.45) is 9.06. The number of ether oxygens (including phenoxy) is 1. The number of hydrogen-bond acceptors (Lipinski definition) is 2. The maximum absolute atomic E-state index is 5.32. The summed E-state index contributed by atoms with van der Waals surface area (Å²) in [6, 6.07) is 18.1. The molecule has 1 saturated carbocycles. The van der Waals surface area contributed by atoms with Gasteiger partial charge in [-0.3, -0.25) is 0 Å². The molecule has 0 amide bonds. The second-order valence-corrected chi connectivity index (χ2v) is 10.7. The van der Waals surface area contributed by atoms with E-state index in [2.05, 4.69) is 72.3 Å². The molecule has 0 N–H and O–H groups in total. The zero-order valence-corrected chi connectivity index (χ0v) is 19.3. The van der Waals surface area contributed by atoms with Crippen molar-refractivity contribution in [1.29, 1.82) is 0 Å². The van der Waals surface area contributed by atoms with Crippen LogP contribution in [-0.4, -0.2) is 7.11 Å². The summed E-state index contributed by atoms with van der Waals surface area (Å²) in [5, 5.41) is 4.58. The van der Waals surface area contributed by atoms with Gasteiger partial charge in [-0.2, -0.15) is 11.3 Å². The summed E-state index contributed by atoms with van der Waals surface area (Å²) >= 11 is 1.83. The van der Waals surface area contributed by atoms with Gasteiger partial charge in [0.1, 0.15) is 5.75 Å². The maximum Gasteiger partial charge on any atom is 0.118 e. The molecule has 0 saturated heterocycles. The Labute approximate surface area is 189 Å². The quantitative estimate of drug-likeness (QED) is 0.412. The molecule has 0 radical (unpaired) electrons. The van der Waals surface area contributed by atoms with E-state index in [1.54, 1.807) is 23.8 Å². The Balaban J connectivity index is 1.29. The first kappa shape index (κ1) is 19.4. The Morgan fingerprint density at radius 1 is 0.968 bits per heavy atom. The van der Waals surface area contributed by atoms with Gasteiger partial charge in [-0.15, -0.1) is 0 Å². The van der Waals surface area contributed by atoms with Crippen molar-refractivity contribution in [2.75, 3.05) is 7.11 Å². The highest BCUT2D eigenvalue weighted by Gasteiger charge is 2.51. The Bertz CT molecular complexity index is 1120. The van der Waals surface area contributed by atoms with Crippen LogP contribution in [-0.2, 0) is 6.42 Å². The van der Waals surface area contributed by atoms with Crippen LogP contribution in [0.3, 0.4) is 0 Å². The SMILES string of the molecule is COc1ccc(-c2ccc3c(c2)CC[C@@H]2[C@@H]3CC[C@]3(C)C(c4ccsc4)=CC[C@@H]23)cc1. The summed E-state index contributed by atoms with van der Waals surface area (Å²) in [7, 11) is 1.72. The fraction of sp³-hybridized carbons (Fsp3) is 0.379.